The van der Waals surface area contributed by atoms with Crippen LogP contribution >= 0.6 is 0 Å². The fraction of sp³-hybridized carbons (Fsp3) is 0.348. The highest BCUT2D eigenvalue weighted by atomic mass is 16.5. The van der Waals surface area contributed by atoms with Gasteiger partial charge in [-0.15, -0.1) is 0 Å². The van der Waals surface area contributed by atoms with Crippen LogP contribution in [0.4, 0.5) is 0 Å². The fourth-order valence-electron chi connectivity index (χ4n) is 3.21. The Balaban J connectivity index is 1.48. The number of hydrogen-bond acceptors (Lipinski definition) is 6. The lowest BCUT2D eigenvalue weighted by molar-refractivity contribution is -0.116. The first kappa shape index (κ1) is 21.7. The smallest absolute Gasteiger partial charge is 0.258 e. The minimum absolute atomic E-state index is 0.152. The number of aliphatic hydroxyl groups excluding tert-OH is 1. The molecule has 7 heteroatoms. The van der Waals surface area contributed by atoms with E-state index in [1.807, 2.05) is 48.3 Å². The van der Waals surface area contributed by atoms with Crippen LogP contribution in [0.15, 0.2) is 53.3 Å². The highest BCUT2D eigenvalue weighted by Crippen LogP contribution is 2.14. The topological polar surface area (TPSA) is 95.5 Å². The van der Waals surface area contributed by atoms with Crippen LogP contribution in [0, 0.1) is 0 Å². The normalized spacial score (nSPS) is 12.3. The van der Waals surface area contributed by atoms with Gasteiger partial charge in [-0.3, -0.25) is 9.69 Å². The summed E-state index contributed by atoms with van der Waals surface area (Å²) in [5, 5.41) is 10.8. The maximum atomic E-state index is 12.2. The van der Waals surface area contributed by atoms with E-state index in [0.717, 1.165) is 5.56 Å². The second-order valence-corrected chi connectivity index (χ2v) is 7.54. The highest BCUT2D eigenvalue weighted by molar-refractivity contribution is 5.77. The van der Waals surface area contributed by atoms with E-state index >= 15 is 0 Å². The Labute approximate surface area is 175 Å². The van der Waals surface area contributed by atoms with Crippen LogP contribution in [-0.4, -0.2) is 52.1 Å². The number of aliphatic hydroxyl groups is 1. The van der Waals surface area contributed by atoms with E-state index in [4.69, 9.17) is 4.74 Å². The van der Waals surface area contributed by atoms with Crippen molar-refractivity contribution in [3.8, 4) is 5.75 Å². The number of ether oxygens (including phenoxy) is 1. The number of likely N-dealkylation sites (N-methyl/N-ethyl adjacent to an activating group) is 1. The summed E-state index contributed by atoms with van der Waals surface area (Å²) in [6.45, 7) is 2.51. The van der Waals surface area contributed by atoms with Crippen LogP contribution in [0.2, 0.25) is 0 Å². The number of H-pyrrole nitrogens is 1. The Hall–Kier alpha value is -3.03. The van der Waals surface area contributed by atoms with Gasteiger partial charge in [0.25, 0.3) is 5.56 Å². The van der Waals surface area contributed by atoms with E-state index in [2.05, 4.69) is 9.97 Å². The number of Topliss-reactive ketones (excluding diaryl/α,β-unsaturated/α-hetero) is 1. The van der Waals surface area contributed by atoms with Gasteiger partial charge in [0.05, 0.1) is 17.4 Å². The van der Waals surface area contributed by atoms with E-state index in [-0.39, 0.29) is 17.9 Å². The minimum atomic E-state index is -0.695. The molecule has 0 aliphatic carbocycles. The number of aromatic amines is 1. The van der Waals surface area contributed by atoms with Crippen LogP contribution in [0.25, 0.3) is 10.9 Å². The molecule has 3 rings (SSSR count). The lowest BCUT2D eigenvalue weighted by Gasteiger charge is -2.20. The van der Waals surface area contributed by atoms with E-state index in [9.17, 15) is 14.7 Å². The van der Waals surface area contributed by atoms with Gasteiger partial charge in [-0.05, 0) is 50.2 Å². The van der Waals surface area contributed by atoms with Crippen molar-refractivity contribution in [1.29, 1.82) is 0 Å². The summed E-state index contributed by atoms with van der Waals surface area (Å²) in [5.41, 5.74) is 1.56. The van der Waals surface area contributed by atoms with Gasteiger partial charge in [-0.25, -0.2) is 4.98 Å². The highest BCUT2D eigenvalue weighted by Gasteiger charge is 2.12. The molecule has 0 fully saturated rings. The quantitative estimate of drug-likeness (QED) is 0.534. The Bertz CT molecular complexity index is 1050. The molecule has 0 saturated heterocycles. The number of ketones is 1. The van der Waals surface area contributed by atoms with E-state index in [0.29, 0.717) is 48.4 Å². The van der Waals surface area contributed by atoms with Crippen molar-refractivity contribution in [1.82, 2.24) is 14.9 Å². The lowest BCUT2D eigenvalue weighted by Crippen LogP contribution is -2.33. The van der Waals surface area contributed by atoms with Gasteiger partial charge in [-0.1, -0.05) is 24.3 Å². The van der Waals surface area contributed by atoms with Crippen molar-refractivity contribution in [2.24, 2.45) is 0 Å². The van der Waals surface area contributed by atoms with Gasteiger partial charge < -0.3 is 19.6 Å². The first-order valence-electron chi connectivity index (χ1n) is 9.96. The van der Waals surface area contributed by atoms with Crippen molar-refractivity contribution < 1.29 is 14.6 Å². The number of hydrogen-bond donors (Lipinski definition) is 2. The summed E-state index contributed by atoms with van der Waals surface area (Å²) in [6, 6.07) is 14.7. The summed E-state index contributed by atoms with van der Waals surface area (Å²) in [6.07, 6.45) is 0.552. The standard InChI is InChI=1S/C23H27N3O4/c1-16(27)7-8-17-9-11-19(12-10-17)30-15-18(28)13-26(2)14-22-24-21-6-4-3-5-20(21)23(29)25-22/h3-6,9-12,18,28H,7-8,13-15H2,1-2H3,(H,24,25,29). The Morgan fingerprint density at radius 1 is 1.20 bits per heavy atom. The predicted octanol–water partition coefficient (Wildman–Crippen LogP) is 2.32. The summed E-state index contributed by atoms with van der Waals surface area (Å²) < 4.78 is 5.66. The maximum absolute atomic E-state index is 12.2. The van der Waals surface area contributed by atoms with Crippen molar-refractivity contribution >= 4 is 16.7 Å². The second-order valence-electron chi connectivity index (χ2n) is 7.54. The van der Waals surface area contributed by atoms with E-state index in [1.165, 1.54) is 0 Å². The first-order valence-corrected chi connectivity index (χ1v) is 9.96. The van der Waals surface area contributed by atoms with Crippen LogP contribution in [-0.2, 0) is 17.8 Å². The molecule has 7 nitrogen and oxygen atoms in total. The average Bonchev–Trinajstić information content (AvgIpc) is 2.71. The number of nitrogens with zero attached hydrogens (tertiary/aromatic N) is 2. The number of rotatable bonds is 10. The third-order valence-electron chi connectivity index (χ3n) is 4.74. The molecular weight excluding hydrogens is 382 g/mol. The molecule has 158 valence electrons. The summed E-state index contributed by atoms with van der Waals surface area (Å²) >= 11 is 0. The molecule has 1 heterocycles. The van der Waals surface area contributed by atoms with Crippen LogP contribution in [0.5, 0.6) is 5.75 Å². The average molecular weight is 409 g/mol. The predicted molar refractivity (Wildman–Crippen MR) is 116 cm³/mol. The van der Waals surface area contributed by atoms with Crippen molar-refractivity contribution in [2.45, 2.75) is 32.4 Å². The molecule has 2 N–H and O–H groups in total. The van der Waals surface area contributed by atoms with Gasteiger partial charge >= 0.3 is 0 Å². The third-order valence-corrected chi connectivity index (χ3v) is 4.74. The molecule has 0 bridgehead atoms. The number of fused-ring (bicyclic) bond motifs is 1. The number of aromatic nitrogens is 2. The minimum Gasteiger partial charge on any atom is -0.491 e. The molecule has 1 aromatic heterocycles. The molecule has 0 spiro atoms. The van der Waals surface area contributed by atoms with Crippen molar-refractivity contribution in [2.75, 3.05) is 20.2 Å². The molecule has 0 saturated carbocycles. The first-order chi connectivity index (χ1) is 14.4. The number of benzene rings is 2. The van der Waals surface area contributed by atoms with Crippen LogP contribution in [0.3, 0.4) is 0 Å². The third kappa shape index (κ3) is 6.23. The van der Waals surface area contributed by atoms with Gasteiger partial charge in [0.1, 0.15) is 30.1 Å². The molecule has 2 aromatic carbocycles. The molecule has 3 aromatic rings. The van der Waals surface area contributed by atoms with Crippen molar-refractivity contribution in [3.05, 3.63) is 70.3 Å². The zero-order valence-corrected chi connectivity index (χ0v) is 17.3. The largest absolute Gasteiger partial charge is 0.491 e. The van der Waals surface area contributed by atoms with E-state index < -0.39 is 6.10 Å². The van der Waals surface area contributed by atoms with Crippen LogP contribution in [0.1, 0.15) is 24.7 Å². The Kier molecular flexibility index (Phi) is 7.32. The molecule has 0 aliphatic rings. The van der Waals surface area contributed by atoms with Gasteiger partial charge in [0.2, 0.25) is 0 Å². The number of carbonyl (C=O) groups is 1. The zero-order valence-electron chi connectivity index (χ0n) is 17.3. The second kappa shape index (κ2) is 10.1. The Morgan fingerprint density at radius 3 is 2.67 bits per heavy atom. The van der Waals surface area contributed by atoms with Gasteiger partial charge in [0.15, 0.2) is 0 Å². The summed E-state index contributed by atoms with van der Waals surface area (Å²) in [4.78, 5) is 32.4. The maximum Gasteiger partial charge on any atom is 0.258 e. The fourth-order valence-corrected chi connectivity index (χ4v) is 3.21. The number of aryl methyl sites for hydroxylation is 1. The molecule has 1 unspecified atom stereocenters. The molecule has 0 aliphatic heterocycles. The molecule has 0 amide bonds. The Morgan fingerprint density at radius 2 is 1.93 bits per heavy atom. The molecule has 30 heavy (non-hydrogen) atoms. The molecule has 1 atom stereocenters. The number of para-hydroxylation sites is 1. The summed E-state index contributed by atoms with van der Waals surface area (Å²) in [7, 11) is 1.85. The number of carbonyl (C=O) groups excluding carboxylic acids is 1. The van der Waals surface area contributed by atoms with Crippen molar-refractivity contribution in [3.63, 3.8) is 0 Å². The van der Waals surface area contributed by atoms with E-state index in [1.54, 1.807) is 19.1 Å². The number of nitrogens with one attached hydrogen (secondary N) is 1. The van der Waals surface area contributed by atoms with Gasteiger partial charge in [0, 0.05) is 13.0 Å². The SMILES string of the molecule is CC(=O)CCc1ccc(OCC(O)CN(C)Cc2nc3ccccc3c(=O)[nH]2)cc1. The zero-order chi connectivity index (χ0) is 21.5. The monoisotopic (exact) mass is 409 g/mol. The van der Waals surface area contributed by atoms with Gasteiger partial charge in [-0.2, -0.15) is 0 Å². The lowest BCUT2D eigenvalue weighted by atomic mass is 10.1. The summed E-state index contributed by atoms with van der Waals surface area (Å²) in [5.74, 6) is 1.39. The molecular formula is C23H27N3O4. The molecule has 0 radical (unpaired) electrons. The van der Waals surface area contributed by atoms with Crippen LogP contribution < -0.4 is 10.3 Å².